The molecule has 1 aromatic carbocycles. The maximum Gasteiger partial charge on any atom is 0.416 e. The van der Waals surface area contributed by atoms with Crippen molar-refractivity contribution in [2.24, 2.45) is 0 Å². The predicted octanol–water partition coefficient (Wildman–Crippen LogP) is 5.37. The van der Waals surface area contributed by atoms with E-state index < -0.39 is 17.7 Å². The summed E-state index contributed by atoms with van der Waals surface area (Å²) < 4.78 is 37.7. The average Bonchev–Trinajstić information content (AvgIpc) is 2.91. The van der Waals surface area contributed by atoms with Crippen LogP contribution in [0.2, 0.25) is 0 Å². The second-order valence-electron chi connectivity index (χ2n) is 4.49. The number of halogens is 4. The Morgan fingerprint density at radius 3 is 2.41 bits per heavy atom. The molecule has 1 unspecified atom stereocenters. The van der Waals surface area contributed by atoms with E-state index in [1.54, 1.807) is 0 Å². The van der Waals surface area contributed by atoms with Crippen molar-refractivity contribution in [2.75, 3.05) is 0 Å². The summed E-state index contributed by atoms with van der Waals surface area (Å²) in [5.74, 6) is -1.09. The van der Waals surface area contributed by atoms with E-state index in [9.17, 15) is 23.1 Å². The van der Waals surface area contributed by atoms with Gasteiger partial charge in [-0.05, 0) is 18.6 Å². The Labute approximate surface area is 136 Å². The van der Waals surface area contributed by atoms with Gasteiger partial charge < -0.3 is 5.11 Å². The van der Waals surface area contributed by atoms with Crippen LogP contribution in [0.15, 0.2) is 24.3 Å². The number of hydrogen-bond donors (Lipinski definition) is 1. The van der Waals surface area contributed by atoms with E-state index in [-0.39, 0.29) is 9.70 Å². The number of aromatic carboxylic acids is 1. The molecular weight excluding hydrogens is 383 g/mol. The van der Waals surface area contributed by atoms with Gasteiger partial charge in [0, 0.05) is 5.56 Å². The van der Waals surface area contributed by atoms with Crippen molar-refractivity contribution >= 4 is 33.2 Å². The molecule has 0 fully saturated rings. The van der Waals surface area contributed by atoms with E-state index in [4.69, 9.17) is 0 Å². The van der Waals surface area contributed by atoms with E-state index >= 15 is 0 Å². The molecule has 1 aromatic heterocycles. The highest BCUT2D eigenvalue weighted by atomic mass is 79.9. The number of aromatic nitrogens is 1. The number of hydrogen-bond acceptors (Lipinski definition) is 3. The van der Waals surface area contributed by atoms with Crippen LogP contribution in [0.1, 0.15) is 39.1 Å². The Kier molecular flexibility index (Phi) is 4.91. The van der Waals surface area contributed by atoms with Crippen LogP contribution in [0.3, 0.4) is 0 Å². The van der Waals surface area contributed by atoms with Gasteiger partial charge in [0.1, 0.15) is 9.88 Å². The first-order chi connectivity index (χ1) is 10.2. The molecule has 118 valence electrons. The number of benzene rings is 1. The Hall–Kier alpha value is -1.41. The van der Waals surface area contributed by atoms with E-state index in [0.29, 0.717) is 22.7 Å². The van der Waals surface area contributed by atoms with Crippen LogP contribution in [0.4, 0.5) is 13.2 Å². The van der Waals surface area contributed by atoms with Gasteiger partial charge >= 0.3 is 12.1 Å². The number of carboxylic acid groups (broad SMARTS) is 1. The molecule has 2 aromatic rings. The quantitative estimate of drug-likeness (QED) is 0.709. The molecule has 0 saturated heterocycles. The topological polar surface area (TPSA) is 50.2 Å². The highest BCUT2D eigenvalue weighted by Crippen LogP contribution is 2.37. The van der Waals surface area contributed by atoms with Crippen LogP contribution in [-0.2, 0) is 6.18 Å². The lowest BCUT2D eigenvalue weighted by Crippen LogP contribution is -2.03. The Bertz CT molecular complexity index is 682. The Morgan fingerprint density at radius 2 is 1.95 bits per heavy atom. The van der Waals surface area contributed by atoms with E-state index in [1.165, 1.54) is 12.1 Å². The maximum absolute atomic E-state index is 12.6. The summed E-state index contributed by atoms with van der Waals surface area (Å²) in [6.07, 6.45) is -3.75. The number of carbonyl (C=O) groups is 1. The van der Waals surface area contributed by atoms with Gasteiger partial charge in [0.2, 0.25) is 0 Å². The number of carboxylic acids is 1. The highest BCUT2D eigenvalue weighted by molar-refractivity contribution is 9.09. The fourth-order valence-corrected chi connectivity index (χ4v) is 3.27. The summed E-state index contributed by atoms with van der Waals surface area (Å²) in [4.78, 5) is 15.4. The number of thiazole rings is 1. The smallest absolute Gasteiger partial charge is 0.416 e. The van der Waals surface area contributed by atoms with Crippen LogP contribution in [-0.4, -0.2) is 16.1 Å². The highest BCUT2D eigenvalue weighted by Gasteiger charge is 2.30. The monoisotopic (exact) mass is 393 g/mol. The van der Waals surface area contributed by atoms with Crippen LogP contribution >= 0.6 is 27.3 Å². The predicted molar refractivity (Wildman–Crippen MR) is 81.5 cm³/mol. The van der Waals surface area contributed by atoms with Crippen LogP contribution in [0, 0.1) is 0 Å². The molecule has 1 atom stereocenters. The average molecular weight is 394 g/mol. The minimum Gasteiger partial charge on any atom is -0.477 e. The minimum atomic E-state index is -4.40. The molecular formula is C14H11BrF3NO2S. The van der Waals surface area contributed by atoms with Gasteiger partial charge in [0.05, 0.1) is 16.1 Å². The van der Waals surface area contributed by atoms with E-state index in [0.717, 1.165) is 23.5 Å². The van der Waals surface area contributed by atoms with Gasteiger partial charge in [-0.15, -0.1) is 11.3 Å². The summed E-state index contributed by atoms with van der Waals surface area (Å²) >= 11 is 4.32. The molecule has 0 aliphatic heterocycles. The Balaban J connectivity index is 2.43. The van der Waals surface area contributed by atoms with Crippen LogP contribution < -0.4 is 0 Å². The normalized spacial score (nSPS) is 13.1. The zero-order valence-electron chi connectivity index (χ0n) is 11.3. The van der Waals surface area contributed by atoms with Gasteiger partial charge in [0.25, 0.3) is 0 Å². The molecule has 0 aliphatic carbocycles. The summed E-state index contributed by atoms with van der Waals surface area (Å²) in [7, 11) is 0. The lowest BCUT2D eigenvalue weighted by atomic mass is 10.1. The molecule has 0 radical (unpaired) electrons. The standard InChI is InChI=1S/C14H11BrF3NO2S/c1-2-9(15)10-11(13(20)21)22-12(19-10)7-3-5-8(6-4-7)14(16,17)18/h3-6,9H,2H2,1H3,(H,20,21). The van der Waals surface area contributed by atoms with Crippen molar-refractivity contribution in [1.29, 1.82) is 0 Å². The van der Waals surface area contributed by atoms with Gasteiger partial charge in [-0.1, -0.05) is 35.0 Å². The van der Waals surface area contributed by atoms with Gasteiger partial charge in [-0.25, -0.2) is 9.78 Å². The molecule has 1 heterocycles. The van der Waals surface area contributed by atoms with E-state index in [1.807, 2.05) is 6.92 Å². The van der Waals surface area contributed by atoms with Gasteiger partial charge in [-0.2, -0.15) is 13.2 Å². The molecule has 8 heteroatoms. The van der Waals surface area contributed by atoms with Gasteiger partial charge in [-0.3, -0.25) is 0 Å². The molecule has 0 bridgehead atoms. The number of nitrogens with zero attached hydrogens (tertiary/aromatic N) is 1. The van der Waals surface area contributed by atoms with Gasteiger partial charge in [0.15, 0.2) is 0 Å². The van der Waals surface area contributed by atoms with Crippen LogP contribution in [0.25, 0.3) is 10.6 Å². The molecule has 0 amide bonds. The number of rotatable bonds is 4. The maximum atomic E-state index is 12.6. The largest absolute Gasteiger partial charge is 0.477 e. The lowest BCUT2D eigenvalue weighted by Gasteiger charge is -2.06. The zero-order valence-corrected chi connectivity index (χ0v) is 13.7. The first-order valence-corrected chi connectivity index (χ1v) is 8.03. The summed E-state index contributed by atoms with van der Waals surface area (Å²) in [6.45, 7) is 1.88. The van der Waals surface area contributed by atoms with Crippen LogP contribution in [0.5, 0.6) is 0 Å². The summed E-state index contributed by atoms with van der Waals surface area (Å²) in [5.41, 5.74) is 0.107. The molecule has 0 aliphatic rings. The van der Waals surface area contributed by atoms with Crippen molar-refractivity contribution in [1.82, 2.24) is 4.98 Å². The van der Waals surface area contributed by atoms with Crippen molar-refractivity contribution in [2.45, 2.75) is 24.3 Å². The van der Waals surface area contributed by atoms with Crippen molar-refractivity contribution < 1.29 is 23.1 Å². The second-order valence-corrected chi connectivity index (χ2v) is 6.59. The third-order valence-corrected chi connectivity index (χ3v) is 5.15. The molecule has 0 saturated carbocycles. The third kappa shape index (κ3) is 3.49. The summed E-state index contributed by atoms with van der Waals surface area (Å²) in [5, 5.41) is 9.61. The second kappa shape index (κ2) is 6.37. The lowest BCUT2D eigenvalue weighted by molar-refractivity contribution is -0.137. The minimum absolute atomic E-state index is 0.0959. The molecule has 22 heavy (non-hydrogen) atoms. The van der Waals surface area contributed by atoms with Crippen molar-refractivity contribution in [3.8, 4) is 10.6 Å². The fourth-order valence-electron chi connectivity index (χ4n) is 1.82. The van der Waals surface area contributed by atoms with E-state index in [2.05, 4.69) is 20.9 Å². The first-order valence-electron chi connectivity index (χ1n) is 6.29. The summed E-state index contributed by atoms with van der Waals surface area (Å²) in [6, 6.07) is 4.52. The number of alkyl halides is 4. The van der Waals surface area contributed by atoms with Crippen molar-refractivity contribution in [3.63, 3.8) is 0 Å². The zero-order chi connectivity index (χ0) is 16.5. The SMILES string of the molecule is CCC(Br)c1nc(-c2ccc(C(F)(F)F)cc2)sc1C(=O)O. The molecule has 0 spiro atoms. The molecule has 3 nitrogen and oxygen atoms in total. The Morgan fingerprint density at radius 1 is 1.36 bits per heavy atom. The fraction of sp³-hybridized carbons (Fsp3) is 0.286. The third-order valence-electron chi connectivity index (χ3n) is 2.96. The molecule has 2 rings (SSSR count). The van der Waals surface area contributed by atoms with Crippen molar-refractivity contribution in [3.05, 3.63) is 40.4 Å². The molecule has 1 N–H and O–H groups in total. The first kappa shape index (κ1) is 17.0.